The summed E-state index contributed by atoms with van der Waals surface area (Å²) in [4.78, 5) is 37.5. The topological polar surface area (TPSA) is 173 Å². The van der Waals surface area contributed by atoms with Crippen LogP contribution in [-0.2, 0) is 28.5 Å². The number of esters is 1. The molecule has 2 unspecified atom stereocenters. The Hall–Kier alpha value is -3.20. The Morgan fingerprint density at radius 2 is 1.73 bits per heavy atom. The summed E-state index contributed by atoms with van der Waals surface area (Å²) in [6.45, 7) is 2.92. The summed E-state index contributed by atoms with van der Waals surface area (Å²) < 4.78 is 22.2. The monoisotopic (exact) mass is 646 g/mol. The zero-order valence-corrected chi connectivity index (χ0v) is 26.5. The maximum absolute atomic E-state index is 12.9. The van der Waals surface area contributed by atoms with Gasteiger partial charge in [-0.15, -0.1) is 0 Å². The third kappa shape index (κ3) is 8.15. The van der Waals surface area contributed by atoms with E-state index in [2.05, 4.69) is 10.6 Å². The average molecular weight is 647 g/mol. The summed E-state index contributed by atoms with van der Waals surface area (Å²) in [5.74, 6) is -2.06. The molecule has 1 heterocycles. The van der Waals surface area contributed by atoms with Gasteiger partial charge >= 0.3 is 12.1 Å². The van der Waals surface area contributed by atoms with Crippen molar-refractivity contribution in [2.75, 3.05) is 38.4 Å². The molecule has 0 bridgehead atoms. The van der Waals surface area contributed by atoms with Gasteiger partial charge in [-0.3, -0.25) is 4.79 Å². The molecule has 1 fully saturated rings. The van der Waals surface area contributed by atoms with Crippen molar-refractivity contribution in [3.63, 3.8) is 0 Å². The SMILES string of the molecule is CCSCCCO[C@]1(C(=O)OC)C[C@@H](O)[C@@H](NC(C)=O)C([C@H](O)C(O)CNC(=O)OCC2c3ccccc3-c3ccccc32)O1. The molecule has 1 saturated heterocycles. The highest BCUT2D eigenvalue weighted by Gasteiger charge is 2.56. The van der Waals surface area contributed by atoms with E-state index in [1.807, 2.05) is 55.5 Å². The van der Waals surface area contributed by atoms with Crippen molar-refractivity contribution in [2.24, 2.45) is 0 Å². The van der Waals surface area contributed by atoms with Crippen LogP contribution in [-0.4, -0.2) is 108 Å². The molecule has 1 aliphatic carbocycles. The van der Waals surface area contributed by atoms with E-state index in [0.717, 1.165) is 40.9 Å². The molecular formula is C32H42N2O10S. The number of carbonyl (C=O) groups is 3. The van der Waals surface area contributed by atoms with Gasteiger partial charge in [0.15, 0.2) is 0 Å². The van der Waals surface area contributed by atoms with Crippen molar-refractivity contribution in [2.45, 2.75) is 68.9 Å². The highest BCUT2D eigenvalue weighted by Crippen LogP contribution is 2.44. The van der Waals surface area contributed by atoms with Crippen molar-refractivity contribution in [1.82, 2.24) is 10.6 Å². The van der Waals surface area contributed by atoms with Crippen LogP contribution >= 0.6 is 11.8 Å². The van der Waals surface area contributed by atoms with Gasteiger partial charge in [0.05, 0.1) is 32.0 Å². The van der Waals surface area contributed by atoms with Gasteiger partial charge in [0.2, 0.25) is 5.91 Å². The van der Waals surface area contributed by atoms with Gasteiger partial charge in [0.25, 0.3) is 5.79 Å². The number of hydrogen-bond donors (Lipinski definition) is 5. The van der Waals surface area contributed by atoms with E-state index in [1.165, 1.54) is 6.92 Å². The summed E-state index contributed by atoms with van der Waals surface area (Å²) in [5.41, 5.74) is 4.24. The van der Waals surface area contributed by atoms with Crippen LogP contribution in [0.3, 0.4) is 0 Å². The highest BCUT2D eigenvalue weighted by atomic mass is 32.2. The van der Waals surface area contributed by atoms with E-state index < -0.39 is 60.8 Å². The van der Waals surface area contributed by atoms with Gasteiger partial charge in [-0.25, -0.2) is 9.59 Å². The standard InChI is InChI=1S/C32H42N2O10S/c1-4-45-15-9-14-43-32(30(39)41-3)16-25(36)27(34-19(2)35)29(44-32)28(38)26(37)17-33-31(40)42-18-24-22-12-7-5-10-20(22)21-11-6-8-13-23(21)24/h5-8,10-13,24-29,36-38H,4,9,14-18H2,1-3H3,(H,33,40)(H,34,35)/t25-,26?,27-,28-,29?,32-/m1/s1. The fraction of sp³-hybridized carbons (Fsp3) is 0.531. The molecule has 4 rings (SSSR count). The number of amides is 2. The highest BCUT2D eigenvalue weighted by molar-refractivity contribution is 7.99. The van der Waals surface area contributed by atoms with Crippen LogP contribution in [0.5, 0.6) is 0 Å². The number of aliphatic hydroxyl groups is 3. The minimum Gasteiger partial charge on any atom is -0.465 e. The number of carbonyl (C=O) groups excluding carboxylic acids is 3. The van der Waals surface area contributed by atoms with Crippen molar-refractivity contribution in [3.8, 4) is 11.1 Å². The molecule has 2 aromatic carbocycles. The Morgan fingerprint density at radius 1 is 1.09 bits per heavy atom. The third-order valence-electron chi connectivity index (χ3n) is 7.94. The molecule has 0 spiro atoms. The molecular weight excluding hydrogens is 604 g/mol. The number of ether oxygens (including phenoxy) is 4. The number of benzene rings is 2. The molecule has 6 atom stereocenters. The average Bonchev–Trinajstić information content (AvgIpc) is 3.36. The zero-order valence-electron chi connectivity index (χ0n) is 25.6. The maximum atomic E-state index is 12.9. The van der Waals surface area contributed by atoms with E-state index >= 15 is 0 Å². The van der Waals surface area contributed by atoms with Crippen LogP contribution in [0.4, 0.5) is 4.79 Å². The van der Waals surface area contributed by atoms with E-state index in [0.29, 0.717) is 6.42 Å². The molecule has 1 aliphatic heterocycles. The smallest absolute Gasteiger partial charge is 0.407 e. The summed E-state index contributed by atoms with van der Waals surface area (Å²) in [5, 5.41) is 38.0. The summed E-state index contributed by atoms with van der Waals surface area (Å²) in [6, 6.07) is 14.6. The second-order valence-electron chi connectivity index (χ2n) is 11.0. The van der Waals surface area contributed by atoms with Crippen molar-refractivity contribution >= 4 is 29.7 Å². The Morgan fingerprint density at radius 3 is 2.33 bits per heavy atom. The number of nitrogens with one attached hydrogen (secondary N) is 2. The van der Waals surface area contributed by atoms with Crippen molar-refractivity contribution in [3.05, 3.63) is 59.7 Å². The zero-order chi connectivity index (χ0) is 32.6. The summed E-state index contributed by atoms with van der Waals surface area (Å²) in [6.07, 6.45) is -6.98. The third-order valence-corrected chi connectivity index (χ3v) is 8.93. The van der Waals surface area contributed by atoms with E-state index in [-0.39, 0.29) is 25.6 Å². The van der Waals surface area contributed by atoms with Crippen LogP contribution in [0.25, 0.3) is 11.1 Å². The second-order valence-corrected chi connectivity index (χ2v) is 12.4. The molecule has 2 amide bonds. The van der Waals surface area contributed by atoms with Crippen LogP contribution in [0.1, 0.15) is 43.7 Å². The lowest BCUT2D eigenvalue weighted by Crippen LogP contribution is -2.68. The Kier molecular flexibility index (Phi) is 12.2. The molecule has 0 saturated carbocycles. The minimum absolute atomic E-state index is 0.0524. The van der Waals surface area contributed by atoms with Crippen molar-refractivity contribution < 1.29 is 48.7 Å². The minimum atomic E-state index is -2.09. The number of aliphatic hydroxyl groups excluding tert-OH is 3. The molecule has 13 heteroatoms. The van der Waals surface area contributed by atoms with Gasteiger partial charge in [0, 0.05) is 25.8 Å². The van der Waals surface area contributed by atoms with Gasteiger partial charge < -0.3 is 44.9 Å². The van der Waals surface area contributed by atoms with Crippen LogP contribution in [0.2, 0.25) is 0 Å². The predicted molar refractivity (Wildman–Crippen MR) is 167 cm³/mol. The number of methoxy groups -OCH3 is 1. The predicted octanol–water partition coefficient (Wildman–Crippen LogP) is 1.93. The first-order chi connectivity index (χ1) is 21.6. The number of alkyl carbamates (subject to hydrolysis) is 1. The fourth-order valence-electron chi connectivity index (χ4n) is 5.82. The molecule has 2 aliphatic rings. The van der Waals surface area contributed by atoms with Crippen LogP contribution in [0, 0.1) is 0 Å². The van der Waals surface area contributed by atoms with Gasteiger partial charge in [-0.2, -0.15) is 11.8 Å². The fourth-order valence-corrected chi connectivity index (χ4v) is 6.43. The van der Waals surface area contributed by atoms with Gasteiger partial charge in [0.1, 0.15) is 18.8 Å². The first-order valence-electron chi connectivity index (χ1n) is 15.0. The van der Waals surface area contributed by atoms with E-state index in [9.17, 15) is 29.7 Å². The number of hydrogen-bond acceptors (Lipinski definition) is 11. The number of thioether (sulfide) groups is 1. The maximum Gasteiger partial charge on any atom is 0.407 e. The molecule has 246 valence electrons. The van der Waals surface area contributed by atoms with E-state index in [1.54, 1.807) is 11.8 Å². The molecule has 5 N–H and O–H groups in total. The normalized spacial score (nSPS) is 23.7. The lowest BCUT2D eigenvalue weighted by Gasteiger charge is -2.47. The molecule has 45 heavy (non-hydrogen) atoms. The van der Waals surface area contributed by atoms with E-state index in [4.69, 9.17) is 18.9 Å². The molecule has 2 aromatic rings. The second kappa shape index (κ2) is 15.9. The largest absolute Gasteiger partial charge is 0.465 e. The first-order valence-corrected chi connectivity index (χ1v) is 16.1. The van der Waals surface area contributed by atoms with Crippen LogP contribution < -0.4 is 10.6 Å². The van der Waals surface area contributed by atoms with Gasteiger partial charge in [-0.05, 0) is 40.2 Å². The molecule has 12 nitrogen and oxygen atoms in total. The Bertz CT molecular complexity index is 1280. The Labute approximate surface area is 266 Å². The molecule has 0 aromatic heterocycles. The number of fused-ring (bicyclic) bond motifs is 3. The summed E-state index contributed by atoms with van der Waals surface area (Å²) in [7, 11) is 1.13. The van der Waals surface area contributed by atoms with Crippen LogP contribution in [0.15, 0.2) is 48.5 Å². The molecule has 0 radical (unpaired) electrons. The number of rotatable bonds is 14. The van der Waals surface area contributed by atoms with Gasteiger partial charge in [-0.1, -0.05) is 55.5 Å². The Balaban J connectivity index is 1.40. The summed E-state index contributed by atoms with van der Waals surface area (Å²) >= 11 is 1.69. The quantitative estimate of drug-likeness (QED) is 0.150. The van der Waals surface area contributed by atoms with Crippen molar-refractivity contribution in [1.29, 1.82) is 0 Å². The lowest BCUT2D eigenvalue weighted by molar-refractivity contribution is -0.311. The lowest BCUT2D eigenvalue weighted by atomic mass is 9.88. The first kappa shape index (κ1) is 34.7.